The molecule has 1 spiro atoms. The van der Waals surface area contributed by atoms with Gasteiger partial charge in [-0.15, -0.1) is 0 Å². The number of likely N-dealkylation sites (tertiary alicyclic amines) is 1. The second-order valence-corrected chi connectivity index (χ2v) is 9.06. The number of hydrogen-bond donors (Lipinski definition) is 0. The van der Waals surface area contributed by atoms with Gasteiger partial charge in [0.1, 0.15) is 5.76 Å². The van der Waals surface area contributed by atoms with Crippen LogP contribution in [0.15, 0.2) is 53.1 Å². The summed E-state index contributed by atoms with van der Waals surface area (Å²) in [6.07, 6.45) is 5.15. The highest BCUT2D eigenvalue weighted by atomic mass is 16.3. The molecule has 1 saturated carbocycles. The average molecular weight is 394 g/mol. The Kier molecular flexibility index (Phi) is 5.18. The summed E-state index contributed by atoms with van der Waals surface area (Å²) < 4.78 is 5.48. The maximum Gasteiger partial charge on any atom is 0.226 e. The Hall–Kier alpha value is -2.11. The van der Waals surface area contributed by atoms with Crippen molar-refractivity contribution in [3.63, 3.8) is 0 Å². The van der Waals surface area contributed by atoms with Crippen LogP contribution in [-0.4, -0.2) is 59.9 Å². The number of rotatable bonds is 5. The zero-order chi connectivity index (χ0) is 19.7. The smallest absolute Gasteiger partial charge is 0.226 e. The van der Waals surface area contributed by atoms with Crippen LogP contribution in [0.3, 0.4) is 0 Å². The summed E-state index contributed by atoms with van der Waals surface area (Å²) in [5, 5.41) is 0. The fraction of sp³-hybridized carbons (Fsp3) is 0.542. The molecule has 5 rings (SSSR count). The standard InChI is InChI=1S/C24H31N3O2/c28-23(27-14-12-26(13-15-27)18-20-5-2-1-3-6-20)22-17-24(22)8-10-25(11-9-24)19-21-7-4-16-29-21/h1-7,16,22H,8-15,17-19H2. The molecular formula is C24H31N3O2. The molecule has 3 fully saturated rings. The van der Waals surface area contributed by atoms with Gasteiger partial charge in [0.25, 0.3) is 0 Å². The Labute approximate surface area is 173 Å². The fourth-order valence-corrected chi connectivity index (χ4v) is 5.22. The lowest BCUT2D eigenvalue weighted by Crippen LogP contribution is -2.49. The molecule has 2 aromatic rings. The number of benzene rings is 1. The van der Waals surface area contributed by atoms with Gasteiger partial charge >= 0.3 is 0 Å². The van der Waals surface area contributed by atoms with Crippen LogP contribution in [-0.2, 0) is 17.9 Å². The van der Waals surface area contributed by atoms with Gasteiger partial charge in [-0.05, 0) is 55.5 Å². The highest BCUT2D eigenvalue weighted by Gasteiger charge is 2.59. The minimum absolute atomic E-state index is 0.272. The first kappa shape index (κ1) is 18.9. The number of piperidine rings is 1. The van der Waals surface area contributed by atoms with Crippen molar-refractivity contribution in [2.24, 2.45) is 11.3 Å². The topological polar surface area (TPSA) is 39.9 Å². The summed E-state index contributed by atoms with van der Waals surface area (Å²) in [4.78, 5) is 20.2. The first-order valence-corrected chi connectivity index (χ1v) is 11.0. The molecular weight excluding hydrogens is 362 g/mol. The summed E-state index contributed by atoms with van der Waals surface area (Å²) in [5.41, 5.74) is 1.65. The molecule has 1 unspecified atom stereocenters. The zero-order valence-corrected chi connectivity index (χ0v) is 17.1. The molecule has 3 aliphatic rings. The predicted octanol–water partition coefficient (Wildman–Crippen LogP) is 3.23. The van der Waals surface area contributed by atoms with Crippen LogP contribution in [0.4, 0.5) is 0 Å². The third-order valence-corrected chi connectivity index (χ3v) is 7.23. The van der Waals surface area contributed by atoms with Crippen molar-refractivity contribution >= 4 is 5.91 Å². The Morgan fingerprint density at radius 2 is 1.62 bits per heavy atom. The van der Waals surface area contributed by atoms with E-state index in [1.807, 2.05) is 12.1 Å². The number of hydrogen-bond acceptors (Lipinski definition) is 4. The number of carbonyl (C=O) groups excluding carboxylic acids is 1. The van der Waals surface area contributed by atoms with E-state index in [-0.39, 0.29) is 11.3 Å². The van der Waals surface area contributed by atoms with Gasteiger partial charge in [0.05, 0.1) is 12.8 Å². The van der Waals surface area contributed by atoms with Gasteiger partial charge in [0, 0.05) is 38.6 Å². The third-order valence-electron chi connectivity index (χ3n) is 7.23. The molecule has 2 saturated heterocycles. The monoisotopic (exact) mass is 393 g/mol. The fourth-order valence-electron chi connectivity index (χ4n) is 5.22. The number of piperazine rings is 1. The van der Waals surface area contributed by atoms with Crippen molar-refractivity contribution in [2.45, 2.75) is 32.4 Å². The van der Waals surface area contributed by atoms with Crippen LogP contribution in [0.25, 0.3) is 0 Å². The van der Waals surface area contributed by atoms with Crippen LogP contribution in [0, 0.1) is 11.3 Å². The van der Waals surface area contributed by atoms with E-state index in [1.54, 1.807) is 6.26 Å². The molecule has 1 atom stereocenters. The summed E-state index contributed by atoms with van der Waals surface area (Å²) in [6.45, 7) is 7.76. The van der Waals surface area contributed by atoms with Crippen LogP contribution in [0.5, 0.6) is 0 Å². The van der Waals surface area contributed by atoms with Crippen LogP contribution >= 0.6 is 0 Å². The van der Waals surface area contributed by atoms with E-state index >= 15 is 0 Å². The maximum atomic E-state index is 13.1. The molecule has 1 aromatic heterocycles. The lowest BCUT2D eigenvalue weighted by Gasteiger charge is -2.36. The maximum absolute atomic E-state index is 13.1. The van der Waals surface area contributed by atoms with Gasteiger partial charge in [-0.25, -0.2) is 0 Å². The van der Waals surface area contributed by atoms with Crippen molar-refractivity contribution in [1.82, 2.24) is 14.7 Å². The van der Waals surface area contributed by atoms with Crippen molar-refractivity contribution in [3.8, 4) is 0 Å². The van der Waals surface area contributed by atoms with Crippen molar-refractivity contribution in [3.05, 3.63) is 60.1 Å². The second kappa shape index (κ2) is 7.96. The van der Waals surface area contributed by atoms with Gasteiger partial charge in [-0.1, -0.05) is 30.3 Å². The minimum Gasteiger partial charge on any atom is -0.468 e. The van der Waals surface area contributed by atoms with E-state index in [4.69, 9.17) is 4.42 Å². The average Bonchev–Trinajstić information content (AvgIpc) is 3.20. The number of carbonyl (C=O) groups is 1. The van der Waals surface area contributed by atoms with Gasteiger partial charge in [-0.2, -0.15) is 0 Å². The quantitative estimate of drug-likeness (QED) is 0.782. The Bertz CT molecular complexity index is 804. The minimum atomic E-state index is 0.272. The summed E-state index contributed by atoms with van der Waals surface area (Å²) in [5.74, 6) is 1.73. The van der Waals surface area contributed by atoms with E-state index in [0.29, 0.717) is 5.91 Å². The van der Waals surface area contributed by atoms with Crippen LogP contribution < -0.4 is 0 Å². The molecule has 5 nitrogen and oxygen atoms in total. The molecule has 0 N–H and O–H groups in total. The molecule has 0 radical (unpaired) electrons. The molecule has 3 heterocycles. The second-order valence-electron chi connectivity index (χ2n) is 9.06. The van der Waals surface area contributed by atoms with E-state index in [2.05, 4.69) is 45.0 Å². The molecule has 1 aliphatic carbocycles. The van der Waals surface area contributed by atoms with Gasteiger partial charge in [0.2, 0.25) is 5.91 Å². The number of furan rings is 1. The Morgan fingerprint density at radius 3 is 2.31 bits per heavy atom. The van der Waals surface area contributed by atoms with Crippen molar-refractivity contribution in [2.75, 3.05) is 39.3 Å². The SMILES string of the molecule is O=C(C1CC12CCN(Cc1ccco1)CC2)N1CCN(Cc2ccccc2)CC1. The van der Waals surface area contributed by atoms with E-state index in [0.717, 1.165) is 77.4 Å². The first-order chi connectivity index (χ1) is 14.2. The van der Waals surface area contributed by atoms with Crippen molar-refractivity contribution < 1.29 is 9.21 Å². The zero-order valence-electron chi connectivity index (χ0n) is 17.1. The lowest BCUT2D eigenvalue weighted by atomic mass is 9.90. The van der Waals surface area contributed by atoms with Gasteiger partial charge < -0.3 is 9.32 Å². The molecule has 29 heavy (non-hydrogen) atoms. The molecule has 1 aromatic carbocycles. The van der Waals surface area contributed by atoms with E-state index in [9.17, 15) is 4.79 Å². The summed E-state index contributed by atoms with van der Waals surface area (Å²) >= 11 is 0. The lowest BCUT2D eigenvalue weighted by molar-refractivity contribution is -0.135. The highest BCUT2D eigenvalue weighted by Crippen LogP contribution is 2.60. The van der Waals surface area contributed by atoms with E-state index in [1.165, 1.54) is 5.56 Å². The Balaban J connectivity index is 1.08. The molecule has 2 aliphatic heterocycles. The summed E-state index contributed by atoms with van der Waals surface area (Å²) in [7, 11) is 0. The number of amides is 1. The van der Waals surface area contributed by atoms with Gasteiger partial charge in [-0.3, -0.25) is 14.6 Å². The van der Waals surface area contributed by atoms with E-state index < -0.39 is 0 Å². The van der Waals surface area contributed by atoms with Crippen LogP contribution in [0.2, 0.25) is 0 Å². The Morgan fingerprint density at radius 1 is 0.897 bits per heavy atom. The molecule has 5 heteroatoms. The van der Waals surface area contributed by atoms with Crippen molar-refractivity contribution in [1.29, 1.82) is 0 Å². The molecule has 0 bridgehead atoms. The largest absolute Gasteiger partial charge is 0.468 e. The highest BCUT2D eigenvalue weighted by molar-refractivity contribution is 5.83. The number of nitrogens with zero attached hydrogens (tertiary/aromatic N) is 3. The first-order valence-electron chi connectivity index (χ1n) is 11.0. The third kappa shape index (κ3) is 4.12. The van der Waals surface area contributed by atoms with Crippen LogP contribution in [0.1, 0.15) is 30.6 Å². The summed E-state index contributed by atoms with van der Waals surface area (Å²) in [6, 6.07) is 14.6. The predicted molar refractivity (Wildman–Crippen MR) is 112 cm³/mol. The molecule has 154 valence electrons. The molecule has 1 amide bonds. The normalized spacial score (nSPS) is 24.7. The van der Waals surface area contributed by atoms with Gasteiger partial charge in [0.15, 0.2) is 0 Å².